The molecule has 0 saturated heterocycles. The van der Waals surface area contributed by atoms with E-state index >= 15 is 0 Å². The number of hydrogen-bond acceptors (Lipinski definition) is 3. The van der Waals surface area contributed by atoms with E-state index in [9.17, 15) is 4.79 Å². The van der Waals surface area contributed by atoms with Gasteiger partial charge >= 0.3 is 5.97 Å². The highest BCUT2D eigenvalue weighted by atomic mass is 16.6. The number of carbonyl (C=O) groups is 1. The Morgan fingerprint density at radius 1 is 1.17 bits per heavy atom. The predicted molar refractivity (Wildman–Crippen MR) is 69.1 cm³/mol. The highest BCUT2D eigenvalue weighted by molar-refractivity contribution is 6.04. The van der Waals surface area contributed by atoms with Crippen molar-refractivity contribution in [2.45, 2.75) is 19.4 Å². The summed E-state index contributed by atoms with van der Waals surface area (Å²) < 4.78 is 5.18. The molecule has 0 aliphatic carbocycles. The van der Waals surface area contributed by atoms with Gasteiger partial charge in [-0.25, -0.2) is 4.79 Å². The largest absolute Gasteiger partial charge is 0.441 e. The van der Waals surface area contributed by atoms with E-state index in [0.717, 1.165) is 10.8 Å². The van der Waals surface area contributed by atoms with Crippen LogP contribution in [0.5, 0.6) is 0 Å². The maximum absolute atomic E-state index is 12.1. The maximum Gasteiger partial charge on any atom is 0.340 e. The Bertz CT molecular complexity index is 633. The first kappa shape index (κ1) is 12.1. The van der Waals surface area contributed by atoms with Crippen LogP contribution in [0, 0.1) is 11.3 Å². The lowest BCUT2D eigenvalue weighted by atomic mass is 10.0. The van der Waals surface area contributed by atoms with Crippen molar-refractivity contribution < 1.29 is 9.53 Å². The van der Waals surface area contributed by atoms with E-state index in [1.54, 1.807) is 26.0 Å². The summed E-state index contributed by atoms with van der Waals surface area (Å²) in [6, 6.07) is 15.0. The van der Waals surface area contributed by atoms with Gasteiger partial charge in [-0.15, -0.1) is 0 Å². The van der Waals surface area contributed by atoms with Gasteiger partial charge in [-0.2, -0.15) is 5.26 Å². The Morgan fingerprint density at radius 3 is 2.56 bits per heavy atom. The summed E-state index contributed by atoms with van der Waals surface area (Å²) in [6.07, 6.45) is 0. The zero-order valence-electron chi connectivity index (χ0n) is 10.3. The lowest BCUT2D eigenvalue weighted by Crippen LogP contribution is -2.26. The van der Waals surface area contributed by atoms with Crippen LogP contribution in [0.4, 0.5) is 0 Å². The van der Waals surface area contributed by atoms with Gasteiger partial charge in [0.05, 0.1) is 5.56 Å². The molecule has 3 heteroatoms. The Labute approximate surface area is 106 Å². The average molecular weight is 239 g/mol. The first-order valence-corrected chi connectivity index (χ1v) is 5.66. The lowest BCUT2D eigenvalue weighted by molar-refractivity contribution is 0.0200. The van der Waals surface area contributed by atoms with Crippen LogP contribution in [0.25, 0.3) is 10.8 Å². The van der Waals surface area contributed by atoms with Crippen LogP contribution in [0.1, 0.15) is 24.2 Å². The van der Waals surface area contributed by atoms with Gasteiger partial charge in [-0.3, -0.25) is 0 Å². The number of carbonyl (C=O) groups excluding carboxylic acids is 1. The second kappa shape index (κ2) is 4.50. The third kappa shape index (κ3) is 2.33. The van der Waals surface area contributed by atoms with Crippen LogP contribution < -0.4 is 0 Å². The molecule has 0 bridgehead atoms. The van der Waals surface area contributed by atoms with E-state index in [4.69, 9.17) is 10.00 Å². The Balaban J connectivity index is 2.43. The van der Waals surface area contributed by atoms with Gasteiger partial charge in [0.2, 0.25) is 0 Å². The summed E-state index contributed by atoms with van der Waals surface area (Å²) >= 11 is 0. The van der Waals surface area contributed by atoms with Crippen molar-refractivity contribution in [1.82, 2.24) is 0 Å². The molecule has 0 aromatic heterocycles. The lowest BCUT2D eigenvalue weighted by Gasteiger charge is -2.17. The van der Waals surface area contributed by atoms with E-state index < -0.39 is 11.6 Å². The first-order chi connectivity index (χ1) is 8.53. The number of nitriles is 1. The van der Waals surface area contributed by atoms with Gasteiger partial charge < -0.3 is 4.74 Å². The number of esters is 1. The molecule has 2 aromatic carbocycles. The molecule has 90 valence electrons. The molecule has 0 radical (unpaired) electrons. The van der Waals surface area contributed by atoms with Gasteiger partial charge in [0, 0.05) is 0 Å². The zero-order valence-corrected chi connectivity index (χ0v) is 10.3. The molecule has 2 aromatic rings. The minimum absolute atomic E-state index is 0.474. The Hall–Kier alpha value is -2.34. The quantitative estimate of drug-likeness (QED) is 0.755. The van der Waals surface area contributed by atoms with Crippen LogP contribution in [-0.4, -0.2) is 11.6 Å². The summed E-state index contributed by atoms with van der Waals surface area (Å²) in [4.78, 5) is 12.1. The van der Waals surface area contributed by atoms with Crippen LogP contribution in [-0.2, 0) is 4.74 Å². The van der Waals surface area contributed by atoms with Crippen molar-refractivity contribution in [3.05, 3.63) is 48.0 Å². The van der Waals surface area contributed by atoms with Crippen LogP contribution in [0.3, 0.4) is 0 Å². The van der Waals surface area contributed by atoms with Gasteiger partial charge in [0.1, 0.15) is 6.07 Å². The third-order valence-electron chi connectivity index (χ3n) is 2.63. The van der Waals surface area contributed by atoms with Crippen molar-refractivity contribution in [2.75, 3.05) is 0 Å². The summed E-state index contributed by atoms with van der Waals surface area (Å²) in [6.45, 7) is 3.13. The predicted octanol–water partition coefficient (Wildman–Crippen LogP) is 3.30. The molecule has 0 unspecified atom stereocenters. The highest BCUT2D eigenvalue weighted by Gasteiger charge is 2.23. The number of nitrogens with zero attached hydrogens (tertiary/aromatic N) is 1. The molecule has 0 N–H and O–H groups in total. The van der Waals surface area contributed by atoms with Crippen molar-refractivity contribution in [3.63, 3.8) is 0 Å². The fraction of sp³-hybridized carbons (Fsp3) is 0.200. The molecule has 18 heavy (non-hydrogen) atoms. The summed E-state index contributed by atoms with van der Waals surface area (Å²) in [5, 5.41) is 10.7. The molecule has 0 aliphatic rings. The molecule has 0 fully saturated rings. The van der Waals surface area contributed by atoms with E-state index in [0.29, 0.717) is 5.56 Å². The van der Waals surface area contributed by atoms with E-state index in [1.165, 1.54) is 0 Å². The fourth-order valence-corrected chi connectivity index (χ4v) is 1.71. The maximum atomic E-state index is 12.1. The smallest absolute Gasteiger partial charge is 0.340 e. The van der Waals surface area contributed by atoms with Crippen molar-refractivity contribution in [1.29, 1.82) is 5.26 Å². The molecule has 2 rings (SSSR count). The minimum atomic E-state index is -1.12. The molecule has 0 saturated carbocycles. The summed E-state index contributed by atoms with van der Waals surface area (Å²) in [5.41, 5.74) is -0.634. The topological polar surface area (TPSA) is 50.1 Å². The standard InChI is InChI=1S/C15H13NO2/c1-15(2,10-16)18-14(17)13-9-5-7-11-6-3-4-8-12(11)13/h3-9H,1-2H3. The molecule has 0 amide bonds. The molecular formula is C15H13NO2. The SMILES string of the molecule is CC(C)(C#N)OC(=O)c1cccc2ccccc12. The Kier molecular flexibility index (Phi) is 3.03. The Morgan fingerprint density at radius 2 is 1.83 bits per heavy atom. The first-order valence-electron chi connectivity index (χ1n) is 5.66. The molecule has 3 nitrogen and oxygen atoms in total. The molecule has 0 spiro atoms. The molecule has 0 aliphatic heterocycles. The van der Waals surface area contributed by atoms with Crippen molar-refractivity contribution in [2.24, 2.45) is 0 Å². The van der Waals surface area contributed by atoms with Gasteiger partial charge in [-0.05, 0) is 30.7 Å². The van der Waals surface area contributed by atoms with Gasteiger partial charge in [0.25, 0.3) is 0 Å². The van der Waals surface area contributed by atoms with Gasteiger partial charge in [-0.1, -0.05) is 36.4 Å². The fourth-order valence-electron chi connectivity index (χ4n) is 1.71. The zero-order chi connectivity index (χ0) is 13.2. The highest BCUT2D eigenvalue weighted by Crippen LogP contribution is 2.21. The average Bonchev–Trinajstić information content (AvgIpc) is 2.37. The summed E-state index contributed by atoms with van der Waals surface area (Å²) in [5.74, 6) is -0.474. The van der Waals surface area contributed by atoms with Gasteiger partial charge in [0.15, 0.2) is 5.60 Å². The molecule has 0 heterocycles. The second-order valence-corrected chi connectivity index (χ2v) is 4.54. The monoisotopic (exact) mass is 239 g/mol. The number of hydrogen-bond donors (Lipinski definition) is 0. The number of ether oxygens (including phenoxy) is 1. The number of fused-ring (bicyclic) bond motifs is 1. The third-order valence-corrected chi connectivity index (χ3v) is 2.63. The van der Waals surface area contributed by atoms with Crippen LogP contribution in [0.2, 0.25) is 0 Å². The van der Waals surface area contributed by atoms with Crippen molar-refractivity contribution in [3.8, 4) is 6.07 Å². The normalized spacial score (nSPS) is 10.9. The molecule has 0 atom stereocenters. The minimum Gasteiger partial charge on any atom is -0.441 e. The number of benzene rings is 2. The summed E-state index contributed by atoms with van der Waals surface area (Å²) in [7, 11) is 0. The van der Waals surface area contributed by atoms with E-state index in [1.807, 2.05) is 36.4 Å². The van der Waals surface area contributed by atoms with Crippen molar-refractivity contribution >= 4 is 16.7 Å². The van der Waals surface area contributed by atoms with Crippen LogP contribution in [0.15, 0.2) is 42.5 Å². The number of rotatable bonds is 2. The second-order valence-electron chi connectivity index (χ2n) is 4.54. The van der Waals surface area contributed by atoms with Crippen LogP contribution >= 0.6 is 0 Å². The molecular weight excluding hydrogens is 226 g/mol. The van der Waals surface area contributed by atoms with E-state index in [-0.39, 0.29) is 0 Å². The van der Waals surface area contributed by atoms with E-state index in [2.05, 4.69) is 0 Å².